The highest BCUT2D eigenvalue weighted by atomic mass is 32.2. The highest BCUT2D eigenvalue weighted by Crippen LogP contribution is 2.54. The van der Waals surface area contributed by atoms with Crippen molar-refractivity contribution < 1.29 is 23.1 Å². The summed E-state index contributed by atoms with van der Waals surface area (Å²) in [6.45, 7) is 6.99. The second-order valence-corrected chi connectivity index (χ2v) is 13.1. The summed E-state index contributed by atoms with van der Waals surface area (Å²) in [5.74, 6) is 1.04. The molecule has 2 amide bonds. The predicted octanol–water partition coefficient (Wildman–Crippen LogP) is 3.12. The van der Waals surface area contributed by atoms with Gasteiger partial charge in [-0.05, 0) is 70.0 Å². The Labute approximate surface area is 233 Å². The molecule has 40 heavy (non-hydrogen) atoms. The van der Waals surface area contributed by atoms with Gasteiger partial charge < -0.3 is 25.4 Å². The molecule has 1 aromatic carbocycles. The highest BCUT2D eigenvalue weighted by Gasteiger charge is 2.58. The number of hydrogen-bond donors (Lipinski definition) is 3. The number of carbonyl (C=O) groups excluding carboxylic acids is 1. The minimum Gasteiger partial charge on any atom is -0.394 e. The maximum absolute atomic E-state index is 13.8. The predicted molar refractivity (Wildman–Crippen MR) is 151 cm³/mol. The van der Waals surface area contributed by atoms with Gasteiger partial charge in [0.1, 0.15) is 10.6 Å². The van der Waals surface area contributed by atoms with E-state index in [-0.39, 0.29) is 17.7 Å². The molecule has 1 atom stereocenters. The number of amides is 2. The Bertz CT molecular complexity index is 1480. The van der Waals surface area contributed by atoms with Gasteiger partial charge in [0.2, 0.25) is 9.84 Å². The van der Waals surface area contributed by atoms with Crippen LogP contribution in [0.25, 0.3) is 11.4 Å². The first-order chi connectivity index (χ1) is 19.0. The maximum Gasteiger partial charge on any atom is 0.319 e. The molecule has 0 radical (unpaired) electrons. The van der Waals surface area contributed by atoms with Crippen LogP contribution in [0.3, 0.4) is 0 Å². The number of pyridine rings is 1. The third kappa shape index (κ3) is 5.51. The molecule has 1 saturated heterocycles. The first-order valence-corrected chi connectivity index (χ1v) is 14.7. The molecule has 1 aliphatic carbocycles. The van der Waals surface area contributed by atoms with Crippen molar-refractivity contribution in [1.82, 2.24) is 20.3 Å². The lowest BCUT2D eigenvalue weighted by molar-refractivity contribution is 0.0985. The van der Waals surface area contributed by atoms with E-state index in [1.54, 1.807) is 56.3 Å². The Hall–Kier alpha value is -3.61. The number of aromatic nitrogens is 3. The number of aliphatic hydroxyl groups excluding tert-OH is 1. The number of hydrogen-bond acceptors (Lipinski definition) is 9. The molecule has 11 nitrogen and oxygen atoms in total. The summed E-state index contributed by atoms with van der Waals surface area (Å²) in [5.41, 5.74) is 0.908. The van der Waals surface area contributed by atoms with Crippen LogP contribution in [0, 0.1) is 0 Å². The third-order valence-electron chi connectivity index (χ3n) is 7.22. The summed E-state index contributed by atoms with van der Waals surface area (Å²) in [5, 5.41) is 14.9. The van der Waals surface area contributed by atoms with Crippen LogP contribution in [0.5, 0.6) is 0 Å². The topological polar surface area (TPSA) is 147 Å². The summed E-state index contributed by atoms with van der Waals surface area (Å²) >= 11 is 0. The zero-order valence-electron chi connectivity index (χ0n) is 22.8. The molecule has 2 aromatic heterocycles. The van der Waals surface area contributed by atoms with Crippen LogP contribution in [-0.2, 0) is 19.3 Å². The van der Waals surface area contributed by atoms with Crippen molar-refractivity contribution in [2.75, 3.05) is 36.6 Å². The smallest absolute Gasteiger partial charge is 0.319 e. The molecule has 0 bridgehead atoms. The minimum atomic E-state index is -3.79. The second kappa shape index (κ2) is 10.8. The number of benzene rings is 1. The van der Waals surface area contributed by atoms with Gasteiger partial charge in [-0.3, -0.25) is 0 Å². The van der Waals surface area contributed by atoms with Crippen molar-refractivity contribution in [2.45, 2.75) is 55.0 Å². The second-order valence-electron chi connectivity index (χ2n) is 10.9. The van der Waals surface area contributed by atoms with Crippen LogP contribution >= 0.6 is 0 Å². The first-order valence-electron chi connectivity index (χ1n) is 13.2. The van der Waals surface area contributed by atoms with Crippen molar-refractivity contribution >= 4 is 27.4 Å². The van der Waals surface area contributed by atoms with E-state index in [2.05, 4.69) is 20.5 Å². The van der Waals surface area contributed by atoms with Crippen LogP contribution in [0.4, 0.5) is 16.3 Å². The Morgan fingerprint density at radius 3 is 2.55 bits per heavy atom. The lowest BCUT2D eigenvalue weighted by Crippen LogP contribution is -2.48. The van der Waals surface area contributed by atoms with E-state index in [0.29, 0.717) is 61.2 Å². The average molecular weight is 567 g/mol. The number of nitrogens with one attached hydrogen (secondary N) is 2. The van der Waals surface area contributed by atoms with Crippen molar-refractivity contribution in [2.24, 2.45) is 0 Å². The average Bonchev–Trinajstić information content (AvgIpc) is 3.77. The fourth-order valence-corrected chi connectivity index (χ4v) is 6.58. The molecule has 2 fully saturated rings. The van der Waals surface area contributed by atoms with Crippen LogP contribution in [0.2, 0.25) is 0 Å². The number of aliphatic hydroxyl groups is 1. The summed E-state index contributed by atoms with van der Waals surface area (Å²) in [4.78, 5) is 28.2. The van der Waals surface area contributed by atoms with E-state index in [4.69, 9.17) is 14.7 Å². The van der Waals surface area contributed by atoms with Crippen molar-refractivity contribution in [1.29, 1.82) is 0 Å². The summed E-state index contributed by atoms with van der Waals surface area (Å²) in [6.07, 6.45) is 2.38. The van der Waals surface area contributed by atoms with Gasteiger partial charge in [0.15, 0.2) is 10.9 Å². The van der Waals surface area contributed by atoms with Gasteiger partial charge in [0.05, 0.1) is 37.1 Å². The number of morpholine rings is 1. The number of sulfone groups is 1. The molecule has 0 unspecified atom stereocenters. The van der Waals surface area contributed by atoms with E-state index in [9.17, 15) is 18.3 Å². The van der Waals surface area contributed by atoms with Crippen LogP contribution in [0.15, 0.2) is 59.8 Å². The van der Waals surface area contributed by atoms with E-state index >= 15 is 0 Å². The molecule has 0 spiro atoms. The number of urea groups is 1. The number of rotatable bonds is 8. The summed E-state index contributed by atoms with van der Waals surface area (Å²) in [7, 11) is -3.79. The Morgan fingerprint density at radius 2 is 1.93 bits per heavy atom. The fraction of sp³-hybridized carbons (Fsp3) is 0.429. The minimum absolute atomic E-state index is 0.0343. The van der Waals surface area contributed by atoms with Gasteiger partial charge in [-0.25, -0.2) is 28.2 Å². The Morgan fingerprint density at radius 1 is 1.18 bits per heavy atom. The largest absolute Gasteiger partial charge is 0.394 e. The van der Waals surface area contributed by atoms with Crippen molar-refractivity contribution in [3.63, 3.8) is 0 Å². The Balaban J connectivity index is 1.51. The van der Waals surface area contributed by atoms with Gasteiger partial charge in [0, 0.05) is 30.1 Å². The molecule has 5 rings (SSSR count). The number of nitrogens with zero attached hydrogens (tertiary/aromatic N) is 4. The number of anilines is 2. The SMILES string of the molecule is C[C@H]1COCCN1c1cc(C2(S(=O)(=O)c3ccccn3)CC2)nc(-c2ccc(NC(=O)NC(C)(C)CO)cc2)n1. The number of ether oxygens (including phenoxy) is 1. The summed E-state index contributed by atoms with van der Waals surface area (Å²) in [6, 6.07) is 13.3. The lowest BCUT2D eigenvalue weighted by Gasteiger charge is -2.34. The monoisotopic (exact) mass is 566 g/mol. The maximum atomic E-state index is 13.8. The number of carbonyl (C=O) groups is 1. The quantitative estimate of drug-likeness (QED) is 0.374. The van der Waals surface area contributed by atoms with Gasteiger partial charge >= 0.3 is 6.03 Å². The third-order valence-corrected chi connectivity index (χ3v) is 9.66. The molecule has 1 saturated carbocycles. The molecule has 3 heterocycles. The molecule has 3 aromatic rings. The summed E-state index contributed by atoms with van der Waals surface area (Å²) < 4.78 is 32.0. The van der Waals surface area contributed by atoms with Crippen LogP contribution in [-0.4, -0.2) is 72.5 Å². The molecular formula is C28H34N6O5S. The van der Waals surface area contributed by atoms with E-state index in [1.807, 2.05) is 6.92 Å². The molecule has 2 aliphatic rings. The van der Waals surface area contributed by atoms with E-state index in [1.165, 1.54) is 12.3 Å². The van der Waals surface area contributed by atoms with E-state index in [0.717, 1.165) is 0 Å². The first kappa shape index (κ1) is 27.9. The highest BCUT2D eigenvalue weighted by molar-refractivity contribution is 7.92. The molecule has 1 aliphatic heterocycles. The lowest BCUT2D eigenvalue weighted by atomic mass is 10.1. The molecule has 3 N–H and O–H groups in total. The van der Waals surface area contributed by atoms with Crippen molar-refractivity contribution in [3.05, 3.63) is 60.4 Å². The van der Waals surface area contributed by atoms with Gasteiger partial charge in [-0.15, -0.1) is 0 Å². The fourth-order valence-electron chi connectivity index (χ4n) is 4.71. The van der Waals surface area contributed by atoms with Crippen LogP contribution < -0.4 is 15.5 Å². The molecular weight excluding hydrogens is 532 g/mol. The van der Waals surface area contributed by atoms with E-state index < -0.39 is 26.2 Å². The zero-order valence-corrected chi connectivity index (χ0v) is 23.6. The van der Waals surface area contributed by atoms with Gasteiger partial charge in [-0.1, -0.05) is 6.07 Å². The van der Waals surface area contributed by atoms with Gasteiger partial charge in [0.25, 0.3) is 0 Å². The normalized spacial score (nSPS) is 18.7. The molecule has 212 valence electrons. The Kier molecular flexibility index (Phi) is 7.51. The standard InChI is InChI=1S/C28H34N6O5S/c1-19-17-39-15-14-34(19)23-16-22(28(11-12-28)40(37,38)24-6-4-5-13-29-24)31-25(32-23)20-7-9-21(10-8-20)30-26(36)33-27(2,3)18-35/h4-10,13,16,19,35H,11-12,14-15,17-18H2,1-3H3,(H2,30,33,36)/t19-/m0/s1. The zero-order chi connectivity index (χ0) is 28.5. The van der Waals surface area contributed by atoms with Crippen molar-refractivity contribution in [3.8, 4) is 11.4 Å². The van der Waals surface area contributed by atoms with Crippen LogP contribution in [0.1, 0.15) is 39.3 Å². The van der Waals surface area contributed by atoms with Gasteiger partial charge in [-0.2, -0.15) is 0 Å². The molecule has 12 heteroatoms.